The summed E-state index contributed by atoms with van der Waals surface area (Å²) in [7, 11) is 4.37. The minimum atomic E-state index is -0.527. The topological polar surface area (TPSA) is 70.3 Å². The summed E-state index contributed by atoms with van der Waals surface area (Å²) in [6, 6.07) is 0.923. The molecule has 7 nitrogen and oxygen atoms in total. The summed E-state index contributed by atoms with van der Waals surface area (Å²) in [6.45, 7) is 2.96. The van der Waals surface area contributed by atoms with Gasteiger partial charge in [-0.3, -0.25) is 0 Å². The molecule has 1 saturated heterocycles. The number of fused-ring (bicyclic) bond motifs is 1. The highest BCUT2D eigenvalue weighted by Crippen LogP contribution is 2.49. The lowest BCUT2D eigenvalue weighted by Gasteiger charge is -2.46. The first-order chi connectivity index (χ1) is 13.4. The maximum atomic E-state index is 10.3. The SMILES string of the molecule is CN(C)C1CN(c2ncnc3c2ncn3C2CCC(C)(O)CC2)C2(CCC2)C1. The van der Waals surface area contributed by atoms with Gasteiger partial charge in [0.2, 0.25) is 0 Å². The minimum absolute atomic E-state index is 0.254. The lowest BCUT2D eigenvalue weighted by atomic mass is 9.74. The van der Waals surface area contributed by atoms with Crippen molar-refractivity contribution in [2.45, 2.75) is 81.5 Å². The fourth-order valence-corrected chi connectivity index (χ4v) is 5.54. The first kappa shape index (κ1) is 18.3. The van der Waals surface area contributed by atoms with Crippen molar-refractivity contribution in [3.8, 4) is 0 Å². The number of hydrogen-bond donors (Lipinski definition) is 1. The second kappa shape index (κ2) is 6.39. The van der Waals surface area contributed by atoms with E-state index < -0.39 is 5.60 Å². The number of likely N-dealkylation sites (N-methyl/N-ethyl adjacent to an activating group) is 1. The Bertz CT molecular complexity index is 861. The van der Waals surface area contributed by atoms with Gasteiger partial charge < -0.3 is 19.5 Å². The first-order valence-electron chi connectivity index (χ1n) is 10.7. The molecule has 1 spiro atoms. The average Bonchev–Trinajstić information content (AvgIpc) is 3.23. The zero-order valence-electron chi connectivity index (χ0n) is 17.3. The molecule has 1 unspecified atom stereocenters. The summed E-state index contributed by atoms with van der Waals surface area (Å²) in [5, 5.41) is 10.3. The quantitative estimate of drug-likeness (QED) is 0.877. The lowest BCUT2D eigenvalue weighted by Crippen LogP contribution is -2.50. The molecule has 0 amide bonds. The van der Waals surface area contributed by atoms with Gasteiger partial charge in [-0.2, -0.15) is 0 Å². The average molecular weight is 385 g/mol. The zero-order chi connectivity index (χ0) is 19.5. The Morgan fingerprint density at radius 1 is 1.11 bits per heavy atom. The molecule has 5 rings (SSSR count). The fourth-order valence-electron chi connectivity index (χ4n) is 5.54. The molecule has 3 heterocycles. The number of aliphatic hydroxyl groups is 1. The predicted octanol–water partition coefficient (Wildman–Crippen LogP) is 2.76. The van der Waals surface area contributed by atoms with E-state index in [-0.39, 0.29) is 5.54 Å². The number of nitrogens with zero attached hydrogens (tertiary/aromatic N) is 6. The number of anilines is 1. The maximum absolute atomic E-state index is 10.3. The van der Waals surface area contributed by atoms with Crippen molar-refractivity contribution in [3.05, 3.63) is 12.7 Å². The molecule has 7 heteroatoms. The summed E-state index contributed by atoms with van der Waals surface area (Å²) in [5.74, 6) is 1.01. The Balaban J connectivity index is 1.49. The minimum Gasteiger partial charge on any atom is -0.390 e. The van der Waals surface area contributed by atoms with Crippen LogP contribution in [0, 0.1) is 0 Å². The van der Waals surface area contributed by atoms with E-state index in [4.69, 9.17) is 9.97 Å². The van der Waals surface area contributed by atoms with Crippen molar-refractivity contribution in [3.63, 3.8) is 0 Å². The van der Waals surface area contributed by atoms with Crippen LogP contribution in [0.5, 0.6) is 0 Å². The smallest absolute Gasteiger partial charge is 0.165 e. The molecule has 2 aliphatic carbocycles. The highest BCUT2D eigenvalue weighted by Gasteiger charge is 2.51. The molecule has 0 bridgehead atoms. The Morgan fingerprint density at radius 3 is 2.50 bits per heavy atom. The van der Waals surface area contributed by atoms with E-state index in [1.807, 2.05) is 13.3 Å². The molecule has 3 fully saturated rings. The van der Waals surface area contributed by atoms with Gasteiger partial charge in [-0.05, 0) is 72.4 Å². The van der Waals surface area contributed by atoms with Crippen LogP contribution in [0.4, 0.5) is 5.82 Å². The van der Waals surface area contributed by atoms with Crippen LogP contribution in [0.2, 0.25) is 0 Å². The van der Waals surface area contributed by atoms with E-state index in [2.05, 4.69) is 33.4 Å². The second-order valence-corrected chi connectivity index (χ2v) is 9.76. The van der Waals surface area contributed by atoms with Gasteiger partial charge in [-0.1, -0.05) is 0 Å². The summed E-state index contributed by atoms with van der Waals surface area (Å²) in [5.41, 5.74) is 1.61. The molecular formula is C21H32N6O. The van der Waals surface area contributed by atoms with Crippen LogP contribution in [0.1, 0.15) is 64.3 Å². The lowest BCUT2D eigenvalue weighted by molar-refractivity contribution is 0.0103. The normalized spacial score (nSPS) is 32.4. The Morgan fingerprint density at radius 2 is 1.86 bits per heavy atom. The van der Waals surface area contributed by atoms with Gasteiger partial charge in [0.05, 0.1) is 11.9 Å². The van der Waals surface area contributed by atoms with E-state index in [9.17, 15) is 5.11 Å². The van der Waals surface area contributed by atoms with Crippen molar-refractivity contribution in [1.29, 1.82) is 0 Å². The highest BCUT2D eigenvalue weighted by molar-refractivity contribution is 5.84. The van der Waals surface area contributed by atoms with Crippen molar-refractivity contribution in [2.75, 3.05) is 25.5 Å². The predicted molar refractivity (Wildman–Crippen MR) is 109 cm³/mol. The van der Waals surface area contributed by atoms with Crippen LogP contribution < -0.4 is 4.90 Å². The van der Waals surface area contributed by atoms with Crippen LogP contribution in [-0.4, -0.2) is 67.3 Å². The maximum Gasteiger partial charge on any atom is 0.165 e. The molecule has 2 aromatic rings. The standard InChI is InChI=1S/C21H32N6O/c1-20(28)9-5-15(6-10-20)26-14-24-17-18(26)22-13-23-19(17)27-12-16(25(2)3)11-21(27)7-4-8-21/h13-16,28H,4-12H2,1-3H3. The van der Waals surface area contributed by atoms with Gasteiger partial charge in [0, 0.05) is 24.2 Å². The molecule has 1 N–H and O–H groups in total. The first-order valence-corrected chi connectivity index (χ1v) is 10.7. The Kier molecular flexibility index (Phi) is 4.18. The molecule has 28 heavy (non-hydrogen) atoms. The number of imidazole rings is 1. The third-order valence-electron chi connectivity index (χ3n) is 7.62. The summed E-state index contributed by atoms with van der Waals surface area (Å²) in [4.78, 5) is 19.0. The summed E-state index contributed by atoms with van der Waals surface area (Å²) in [6.07, 6.45) is 12.3. The largest absolute Gasteiger partial charge is 0.390 e. The summed E-state index contributed by atoms with van der Waals surface area (Å²) < 4.78 is 2.22. The van der Waals surface area contributed by atoms with Gasteiger partial charge in [0.1, 0.15) is 6.33 Å². The van der Waals surface area contributed by atoms with Gasteiger partial charge in [-0.15, -0.1) is 0 Å². The van der Waals surface area contributed by atoms with Crippen molar-refractivity contribution >= 4 is 17.0 Å². The van der Waals surface area contributed by atoms with Crippen LogP contribution in [0.3, 0.4) is 0 Å². The molecule has 152 valence electrons. The van der Waals surface area contributed by atoms with Crippen LogP contribution >= 0.6 is 0 Å². The van der Waals surface area contributed by atoms with Crippen LogP contribution in [-0.2, 0) is 0 Å². The van der Waals surface area contributed by atoms with Crippen molar-refractivity contribution < 1.29 is 5.11 Å². The zero-order valence-corrected chi connectivity index (χ0v) is 17.3. The van der Waals surface area contributed by atoms with Crippen LogP contribution in [0.15, 0.2) is 12.7 Å². The van der Waals surface area contributed by atoms with Gasteiger partial charge in [-0.25, -0.2) is 15.0 Å². The van der Waals surface area contributed by atoms with Gasteiger partial charge >= 0.3 is 0 Å². The van der Waals surface area contributed by atoms with Crippen molar-refractivity contribution in [1.82, 2.24) is 24.4 Å². The molecular weight excluding hydrogens is 352 g/mol. The molecule has 1 atom stereocenters. The Labute approximate surface area is 166 Å². The molecule has 1 aliphatic heterocycles. The molecule has 0 aromatic carbocycles. The Hall–Kier alpha value is -1.73. The highest BCUT2D eigenvalue weighted by atomic mass is 16.3. The third kappa shape index (κ3) is 2.82. The molecule has 2 aromatic heterocycles. The van der Waals surface area contributed by atoms with Crippen molar-refractivity contribution in [2.24, 2.45) is 0 Å². The van der Waals surface area contributed by atoms with E-state index in [0.717, 1.165) is 49.2 Å². The molecule has 3 aliphatic rings. The van der Waals surface area contributed by atoms with E-state index in [1.54, 1.807) is 6.33 Å². The van der Waals surface area contributed by atoms with E-state index in [1.165, 1.54) is 25.7 Å². The van der Waals surface area contributed by atoms with Gasteiger partial charge in [0.15, 0.2) is 17.0 Å². The number of aromatic nitrogens is 4. The molecule has 2 saturated carbocycles. The number of hydrogen-bond acceptors (Lipinski definition) is 6. The monoisotopic (exact) mass is 384 g/mol. The third-order valence-corrected chi connectivity index (χ3v) is 7.62. The summed E-state index contributed by atoms with van der Waals surface area (Å²) >= 11 is 0. The number of rotatable bonds is 3. The van der Waals surface area contributed by atoms with E-state index >= 15 is 0 Å². The van der Waals surface area contributed by atoms with Gasteiger partial charge in [0.25, 0.3) is 0 Å². The molecule has 0 radical (unpaired) electrons. The van der Waals surface area contributed by atoms with Crippen LogP contribution in [0.25, 0.3) is 11.2 Å². The second-order valence-electron chi connectivity index (χ2n) is 9.76. The van der Waals surface area contributed by atoms with E-state index in [0.29, 0.717) is 12.1 Å². The fraction of sp³-hybridized carbons (Fsp3) is 0.762.